The third-order valence-corrected chi connectivity index (χ3v) is 3.10. The summed E-state index contributed by atoms with van der Waals surface area (Å²) in [4.78, 5) is 17.7. The zero-order valence-corrected chi connectivity index (χ0v) is 8.58. The monoisotopic (exact) mass is 222 g/mol. The minimum Gasteiger partial charge on any atom is -0.308 e. The third kappa shape index (κ3) is 1.18. The molecule has 8 heteroatoms. The molecule has 0 fully saturated rings. The summed E-state index contributed by atoms with van der Waals surface area (Å²) in [5, 5.41) is 12.0. The number of thioether (sulfide) groups is 1. The number of aryl methyl sites for hydroxylation is 1. The molecule has 1 aliphatic rings. The molecule has 76 valence electrons. The van der Waals surface area contributed by atoms with Gasteiger partial charge in [0, 0.05) is 5.69 Å². The predicted molar refractivity (Wildman–Crippen MR) is 51.9 cm³/mol. The van der Waals surface area contributed by atoms with Crippen LogP contribution in [0.4, 0.5) is 0 Å². The first kappa shape index (κ1) is 8.60. The van der Waals surface area contributed by atoms with Crippen molar-refractivity contribution in [3.05, 3.63) is 22.0 Å². The van der Waals surface area contributed by atoms with Crippen LogP contribution in [-0.2, 0) is 5.75 Å². The van der Waals surface area contributed by atoms with Gasteiger partial charge in [-0.3, -0.25) is 0 Å². The fourth-order valence-corrected chi connectivity index (χ4v) is 2.48. The number of hydrogen-bond acceptors (Lipinski definition) is 6. The Balaban J connectivity index is 2.37. The van der Waals surface area contributed by atoms with Crippen LogP contribution in [0.1, 0.15) is 11.5 Å². The second kappa shape index (κ2) is 2.89. The molecular weight excluding hydrogens is 216 g/mol. The summed E-state index contributed by atoms with van der Waals surface area (Å²) in [6.45, 7) is 1.80. The van der Waals surface area contributed by atoms with Gasteiger partial charge >= 0.3 is 5.69 Å². The highest BCUT2D eigenvalue weighted by molar-refractivity contribution is 7.98. The minimum absolute atomic E-state index is 0.338. The van der Waals surface area contributed by atoms with Crippen molar-refractivity contribution in [2.45, 2.75) is 17.7 Å². The van der Waals surface area contributed by atoms with Crippen molar-refractivity contribution in [2.24, 2.45) is 0 Å². The highest BCUT2D eigenvalue weighted by Crippen LogP contribution is 2.31. The summed E-state index contributed by atoms with van der Waals surface area (Å²) in [7, 11) is 0. The van der Waals surface area contributed by atoms with Crippen LogP contribution in [0.3, 0.4) is 0 Å². The summed E-state index contributed by atoms with van der Waals surface area (Å²) in [5.41, 5.74) is 1.16. The van der Waals surface area contributed by atoms with Gasteiger partial charge in [0.1, 0.15) is 10.7 Å². The molecule has 7 nitrogen and oxygen atoms in total. The van der Waals surface area contributed by atoms with E-state index in [9.17, 15) is 4.79 Å². The van der Waals surface area contributed by atoms with E-state index in [4.69, 9.17) is 0 Å². The Bertz CT molecular complexity index is 587. The lowest BCUT2D eigenvalue weighted by Gasteiger charge is -2.15. The molecule has 0 aliphatic carbocycles. The van der Waals surface area contributed by atoms with E-state index < -0.39 is 0 Å². The molecule has 3 rings (SSSR count). The molecule has 0 spiro atoms. The smallest absolute Gasteiger partial charge is 0.308 e. The van der Waals surface area contributed by atoms with Gasteiger partial charge in [0.25, 0.3) is 0 Å². The molecule has 0 unspecified atom stereocenters. The van der Waals surface area contributed by atoms with E-state index >= 15 is 0 Å². The lowest BCUT2D eigenvalue weighted by Crippen LogP contribution is -2.20. The molecule has 0 saturated heterocycles. The van der Waals surface area contributed by atoms with Gasteiger partial charge in [-0.25, -0.2) is 4.79 Å². The van der Waals surface area contributed by atoms with Crippen LogP contribution >= 0.6 is 11.8 Å². The largest absolute Gasteiger partial charge is 0.346 e. The Hall–Kier alpha value is -1.70. The van der Waals surface area contributed by atoms with Crippen LogP contribution in [0.15, 0.2) is 9.82 Å². The van der Waals surface area contributed by atoms with Gasteiger partial charge in [-0.2, -0.15) is 9.67 Å². The molecule has 2 aromatic heterocycles. The molecule has 0 amide bonds. The van der Waals surface area contributed by atoms with Crippen molar-refractivity contribution in [2.75, 3.05) is 0 Å². The van der Waals surface area contributed by atoms with Crippen molar-refractivity contribution in [1.82, 2.24) is 30.2 Å². The molecule has 0 saturated carbocycles. The lowest BCUT2D eigenvalue weighted by molar-refractivity contribution is 0.728. The first-order valence-corrected chi connectivity index (χ1v) is 5.25. The molecular formula is C7H6N6OS. The van der Waals surface area contributed by atoms with Gasteiger partial charge in [-0.1, -0.05) is 11.8 Å². The van der Waals surface area contributed by atoms with Crippen molar-refractivity contribution in [3.8, 4) is 5.69 Å². The van der Waals surface area contributed by atoms with Gasteiger partial charge in [0.15, 0.2) is 5.82 Å². The third-order valence-electron chi connectivity index (χ3n) is 2.14. The zero-order chi connectivity index (χ0) is 10.4. The van der Waals surface area contributed by atoms with E-state index in [1.54, 1.807) is 11.6 Å². The van der Waals surface area contributed by atoms with Gasteiger partial charge in [-0.05, 0) is 17.4 Å². The summed E-state index contributed by atoms with van der Waals surface area (Å²) in [6.07, 6.45) is 0. The topological polar surface area (TPSA) is 89.4 Å². The molecule has 3 heterocycles. The van der Waals surface area contributed by atoms with E-state index in [0.717, 1.165) is 17.2 Å². The number of aromatic nitrogens is 6. The maximum absolute atomic E-state index is 11.2. The molecule has 0 aromatic carbocycles. The Labute approximate surface area is 87.9 Å². The van der Waals surface area contributed by atoms with E-state index in [2.05, 4.69) is 25.5 Å². The quantitative estimate of drug-likeness (QED) is 0.613. The van der Waals surface area contributed by atoms with Crippen LogP contribution in [0, 0.1) is 6.92 Å². The highest BCUT2D eigenvalue weighted by Gasteiger charge is 2.22. The van der Waals surface area contributed by atoms with Gasteiger partial charge < -0.3 is 4.98 Å². The predicted octanol–water partition coefficient (Wildman–Crippen LogP) is -0.340. The summed E-state index contributed by atoms with van der Waals surface area (Å²) in [5.74, 6) is 1.40. The van der Waals surface area contributed by atoms with E-state index in [1.807, 2.05) is 0 Å². The van der Waals surface area contributed by atoms with Crippen LogP contribution in [0.2, 0.25) is 0 Å². The zero-order valence-electron chi connectivity index (χ0n) is 7.76. The fraction of sp³-hybridized carbons (Fsp3) is 0.286. The Morgan fingerprint density at radius 1 is 1.53 bits per heavy atom. The van der Waals surface area contributed by atoms with Crippen molar-refractivity contribution >= 4 is 11.8 Å². The number of H-pyrrole nitrogens is 1. The van der Waals surface area contributed by atoms with Crippen molar-refractivity contribution < 1.29 is 0 Å². The fourth-order valence-electron chi connectivity index (χ4n) is 1.51. The average molecular weight is 222 g/mol. The van der Waals surface area contributed by atoms with Crippen molar-refractivity contribution in [1.29, 1.82) is 0 Å². The molecule has 15 heavy (non-hydrogen) atoms. The highest BCUT2D eigenvalue weighted by atomic mass is 32.2. The molecule has 0 bridgehead atoms. The number of aromatic amines is 1. The van der Waals surface area contributed by atoms with Crippen LogP contribution in [0.5, 0.6) is 0 Å². The van der Waals surface area contributed by atoms with Gasteiger partial charge in [-0.15, -0.1) is 5.10 Å². The summed E-state index contributed by atoms with van der Waals surface area (Å²) in [6, 6.07) is 0. The maximum atomic E-state index is 11.2. The number of hydrogen-bond donors (Lipinski definition) is 1. The van der Waals surface area contributed by atoms with Crippen LogP contribution < -0.4 is 5.69 Å². The normalized spacial score (nSPS) is 13.4. The molecule has 1 aliphatic heterocycles. The number of nitrogens with one attached hydrogen (secondary N) is 1. The Kier molecular flexibility index (Phi) is 1.66. The minimum atomic E-state index is -0.338. The molecule has 2 aromatic rings. The second-order valence-corrected chi connectivity index (χ2v) is 4.08. The van der Waals surface area contributed by atoms with Crippen LogP contribution in [0.25, 0.3) is 5.69 Å². The summed E-state index contributed by atoms with van der Waals surface area (Å²) >= 11 is 1.47. The first-order valence-electron chi connectivity index (χ1n) is 4.27. The van der Waals surface area contributed by atoms with Gasteiger partial charge in [0.05, 0.1) is 5.75 Å². The van der Waals surface area contributed by atoms with Gasteiger partial charge in [0.2, 0.25) is 0 Å². The second-order valence-electron chi connectivity index (χ2n) is 3.12. The molecule has 0 radical (unpaired) electrons. The van der Waals surface area contributed by atoms with Crippen LogP contribution in [-0.4, -0.2) is 30.2 Å². The summed E-state index contributed by atoms with van der Waals surface area (Å²) < 4.78 is 1.62. The standard InChI is InChI=1S/C7H6N6OS/c1-3-5-6(9-7(14)8-3)15-2-4-10-11-12-13(4)5/h2H2,1H3,(H,8,9,14). The van der Waals surface area contributed by atoms with Crippen molar-refractivity contribution in [3.63, 3.8) is 0 Å². The lowest BCUT2D eigenvalue weighted by atomic mass is 10.3. The molecule has 0 atom stereocenters. The van der Waals surface area contributed by atoms with E-state index in [-0.39, 0.29) is 5.69 Å². The maximum Gasteiger partial charge on any atom is 0.346 e. The number of tetrazole rings is 1. The number of rotatable bonds is 0. The van der Waals surface area contributed by atoms with E-state index in [0.29, 0.717) is 10.8 Å². The Morgan fingerprint density at radius 2 is 2.40 bits per heavy atom. The average Bonchev–Trinajstić information content (AvgIpc) is 2.63. The first-order chi connectivity index (χ1) is 7.25. The number of nitrogens with zero attached hydrogens (tertiary/aromatic N) is 5. The number of fused-ring (bicyclic) bond motifs is 3. The SMILES string of the molecule is Cc1[nH]c(=O)nc2c1-n1nnnc1CS2. The van der Waals surface area contributed by atoms with E-state index in [1.165, 1.54) is 11.8 Å². The Morgan fingerprint density at radius 3 is 3.27 bits per heavy atom. The molecule has 1 N–H and O–H groups in total.